The number of pyridine rings is 2. The lowest BCUT2D eigenvalue weighted by atomic mass is 9.96. The second kappa shape index (κ2) is 6.87. The average molecular weight is 387 g/mol. The first-order valence-electron chi connectivity index (χ1n) is 9.07. The van der Waals surface area contributed by atoms with Crippen LogP contribution in [-0.4, -0.2) is 27.0 Å². The maximum Gasteiger partial charge on any atom is 0.231 e. The number of hydrogen-bond acceptors (Lipinski definition) is 7. The Labute approximate surface area is 166 Å². The van der Waals surface area contributed by atoms with E-state index >= 15 is 0 Å². The lowest BCUT2D eigenvalue weighted by Gasteiger charge is -2.22. The summed E-state index contributed by atoms with van der Waals surface area (Å²) in [4.78, 5) is 8.53. The monoisotopic (exact) mass is 387 g/mol. The Morgan fingerprint density at radius 2 is 1.72 bits per heavy atom. The summed E-state index contributed by atoms with van der Waals surface area (Å²) in [6, 6.07) is 15.7. The number of phenols is 1. The molecule has 0 saturated carbocycles. The van der Waals surface area contributed by atoms with Crippen molar-refractivity contribution < 1.29 is 19.7 Å². The Morgan fingerprint density at radius 1 is 0.897 bits per heavy atom. The van der Waals surface area contributed by atoms with Gasteiger partial charge in [0.15, 0.2) is 23.1 Å². The number of hydrogen-bond donors (Lipinski definition) is 3. The topological polar surface area (TPSA) is 96.7 Å². The van der Waals surface area contributed by atoms with Crippen LogP contribution in [0.5, 0.6) is 23.0 Å². The fourth-order valence-electron chi connectivity index (χ4n) is 3.46. The molecule has 2 aromatic carbocycles. The predicted molar refractivity (Wildman–Crippen MR) is 107 cm³/mol. The van der Waals surface area contributed by atoms with Gasteiger partial charge < -0.3 is 25.0 Å². The van der Waals surface area contributed by atoms with Crippen molar-refractivity contribution in [2.45, 2.75) is 6.04 Å². The van der Waals surface area contributed by atoms with Gasteiger partial charge >= 0.3 is 0 Å². The summed E-state index contributed by atoms with van der Waals surface area (Å²) in [5.41, 5.74) is 1.91. The molecular formula is C22H17N3O4. The van der Waals surface area contributed by atoms with E-state index in [0.29, 0.717) is 28.4 Å². The highest BCUT2D eigenvalue weighted by Gasteiger charge is 2.24. The van der Waals surface area contributed by atoms with Crippen LogP contribution in [0.1, 0.15) is 17.2 Å². The smallest absolute Gasteiger partial charge is 0.231 e. The van der Waals surface area contributed by atoms with Crippen molar-refractivity contribution in [2.24, 2.45) is 0 Å². The number of ether oxygens (including phenoxy) is 2. The fraction of sp³-hybridized carbons (Fsp3) is 0.0909. The zero-order valence-electron chi connectivity index (χ0n) is 15.2. The second-order valence-electron chi connectivity index (χ2n) is 6.64. The Balaban J connectivity index is 1.66. The molecule has 7 heteroatoms. The van der Waals surface area contributed by atoms with Gasteiger partial charge in [-0.05, 0) is 35.9 Å². The molecule has 7 nitrogen and oxygen atoms in total. The van der Waals surface area contributed by atoms with Crippen LogP contribution in [0.25, 0.3) is 10.9 Å². The van der Waals surface area contributed by atoms with Crippen molar-refractivity contribution in [3.05, 3.63) is 78.1 Å². The van der Waals surface area contributed by atoms with Gasteiger partial charge in [0, 0.05) is 23.3 Å². The Kier molecular flexibility index (Phi) is 4.05. The number of nitrogens with one attached hydrogen (secondary N) is 1. The molecule has 0 amide bonds. The molecule has 0 bridgehead atoms. The Hall–Kier alpha value is -4.00. The number of aromatic nitrogens is 2. The van der Waals surface area contributed by atoms with Crippen LogP contribution >= 0.6 is 0 Å². The van der Waals surface area contributed by atoms with E-state index in [1.54, 1.807) is 24.5 Å². The summed E-state index contributed by atoms with van der Waals surface area (Å²) in [6.45, 7) is 0.170. The number of phenolic OH excluding ortho intramolecular Hbond substituents is 1. The normalized spacial score (nSPS) is 13.4. The first-order chi connectivity index (χ1) is 14.2. The number of aromatic hydroxyl groups is 2. The number of anilines is 1. The molecule has 1 aliphatic heterocycles. The minimum absolute atomic E-state index is 0.0108. The largest absolute Gasteiger partial charge is 0.505 e. The molecule has 0 saturated heterocycles. The van der Waals surface area contributed by atoms with Crippen molar-refractivity contribution >= 4 is 16.7 Å². The summed E-state index contributed by atoms with van der Waals surface area (Å²) in [7, 11) is 0. The van der Waals surface area contributed by atoms with Crippen LogP contribution in [0.2, 0.25) is 0 Å². The van der Waals surface area contributed by atoms with Crippen LogP contribution in [0.3, 0.4) is 0 Å². The number of rotatable bonds is 4. The summed E-state index contributed by atoms with van der Waals surface area (Å²) >= 11 is 0. The van der Waals surface area contributed by atoms with Gasteiger partial charge in [0.2, 0.25) is 6.79 Å². The highest BCUT2D eigenvalue weighted by molar-refractivity contribution is 5.86. The van der Waals surface area contributed by atoms with E-state index in [0.717, 1.165) is 10.9 Å². The number of nitrogens with zero attached hydrogens (tertiary/aromatic N) is 2. The van der Waals surface area contributed by atoms with Gasteiger partial charge in [-0.3, -0.25) is 4.98 Å². The molecule has 1 aliphatic rings. The van der Waals surface area contributed by atoms with Crippen molar-refractivity contribution in [3.8, 4) is 23.0 Å². The van der Waals surface area contributed by atoms with Gasteiger partial charge in [-0.15, -0.1) is 0 Å². The van der Waals surface area contributed by atoms with Gasteiger partial charge in [-0.1, -0.05) is 24.3 Å². The van der Waals surface area contributed by atoms with E-state index in [2.05, 4.69) is 15.3 Å². The van der Waals surface area contributed by atoms with Crippen LogP contribution in [0.15, 0.2) is 67.0 Å². The van der Waals surface area contributed by atoms with Gasteiger partial charge in [-0.2, -0.15) is 0 Å². The standard InChI is InChI=1S/C22H17N3O4/c26-16-4-2-10-24-22(16)25-19(14-6-8-17-18(11-14)29-12-28-17)15-7-5-13-3-1-9-23-20(13)21(15)27/h1-11,19,26-27H,12H2,(H,24,25). The third-order valence-corrected chi connectivity index (χ3v) is 4.89. The van der Waals surface area contributed by atoms with Crippen LogP contribution in [0.4, 0.5) is 5.82 Å². The van der Waals surface area contributed by atoms with Gasteiger partial charge in [-0.25, -0.2) is 4.98 Å². The van der Waals surface area contributed by atoms with Crippen molar-refractivity contribution in [1.29, 1.82) is 0 Å². The molecule has 0 spiro atoms. The predicted octanol–water partition coefficient (Wildman–Crippen LogP) is 3.97. The first-order valence-corrected chi connectivity index (χ1v) is 9.07. The second-order valence-corrected chi connectivity index (χ2v) is 6.64. The Bertz CT molecular complexity index is 1210. The highest BCUT2D eigenvalue weighted by Crippen LogP contribution is 2.41. The van der Waals surface area contributed by atoms with Gasteiger partial charge in [0.1, 0.15) is 11.3 Å². The SMILES string of the molecule is Oc1cccnc1NC(c1ccc2c(c1)OCO2)c1ccc2cccnc2c1O. The average Bonchev–Trinajstić information content (AvgIpc) is 3.22. The lowest BCUT2D eigenvalue weighted by Crippen LogP contribution is -2.14. The molecule has 29 heavy (non-hydrogen) atoms. The van der Waals surface area contributed by atoms with Crippen molar-refractivity contribution in [1.82, 2.24) is 9.97 Å². The number of fused-ring (bicyclic) bond motifs is 2. The van der Waals surface area contributed by atoms with Crippen LogP contribution < -0.4 is 14.8 Å². The molecule has 0 fully saturated rings. The van der Waals surface area contributed by atoms with Crippen LogP contribution in [-0.2, 0) is 0 Å². The summed E-state index contributed by atoms with van der Waals surface area (Å²) in [5, 5.41) is 25.2. The highest BCUT2D eigenvalue weighted by atomic mass is 16.7. The molecule has 0 radical (unpaired) electrons. The van der Waals surface area contributed by atoms with Crippen LogP contribution in [0, 0.1) is 0 Å². The zero-order valence-corrected chi connectivity index (χ0v) is 15.2. The quantitative estimate of drug-likeness (QED) is 0.487. The maximum absolute atomic E-state index is 11.0. The third-order valence-electron chi connectivity index (χ3n) is 4.89. The summed E-state index contributed by atoms with van der Waals surface area (Å²) in [5.74, 6) is 1.66. The summed E-state index contributed by atoms with van der Waals surface area (Å²) < 4.78 is 10.9. The molecule has 3 heterocycles. The van der Waals surface area contributed by atoms with E-state index in [-0.39, 0.29) is 18.3 Å². The molecule has 3 N–H and O–H groups in total. The molecule has 1 atom stereocenters. The molecule has 1 unspecified atom stereocenters. The minimum Gasteiger partial charge on any atom is -0.505 e. The Morgan fingerprint density at radius 3 is 2.62 bits per heavy atom. The van der Waals surface area contributed by atoms with E-state index in [4.69, 9.17) is 9.47 Å². The molecule has 0 aliphatic carbocycles. The minimum atomic E-state index is -0.517. The van der Waals surface area contributed by atoms with E-state index < -0.39 is 6.04 Å². The van der Waals surface area contributed by atoms with E-state index in [1.165, 1.54) is 0 Å². The maximum atomic E-state index is 11.0. The lowest BCUT2D eigenvalue weighted by molar-refractivity contribution is 0.174. The van der Waals surface area contributed by atoms with Crippen molar-refractivity contribution in [2.75, 3.05) is 12.1 Å². The third kappa shape index (κ3) is 3.02. The zero-order chi connectivity index (χ0) is 19.8. The first kappa shape index (κ1) is 17.1. The van der Waals surface area contributed by atoms with Crippen molar-refractivity contribution in [3.63, 3.8) is 0 Å². The van der Waals surface area contributed by atoms with Gasteiger partial charge in [0.05, 0.1) is 6.04 Å². The van der Waals surface area contributed by atoms with E-state index in [1.807, 2.05) is 42.5 Å². The molecule has 144 valence electrons. The molecular weight excluding hydrogens is 370 g/mol. The fourth-order valence-corrected chi connectivity index (χ4v) is 3.46. The summed E-state index contributed by atoms with van der Waals surface area (Å²) in [6.07, 6.45) is 3.22. The number of benzene rings is 2. The van der Waals surface area contributed by atoms with Gasteiger partial charge in [0.25, 0.3) is 0 Å². The molecule has 2 aromatic heterocycles. The molecule has 4 aromatic rings. The van der Waals surface area contributed by atoms with E-state index in [9.17, 15) is 10.2 Å². The molecule has 5 rings (SSSR count).